The summed E-state index contributed by atoms with van der Waals surface area (Å²) in [5, 5.41) is 7.04. The molecule has 1 saturated heterocycles. The molecule has 0 amide bonds. The van der Waals surface area contributed by atoms with Crippen molar-refractivity contribution in [2.24, 2.45) is 4.99 Å². The summed E-state index contributed by atoms with van der Waals surface area (Å²) in [6.45, 7) is 11.8. The Labute approximate surface area is 182 Å². The second-order valence-corrected chi connectivity index (χ2v) is 9.26. The number of guanidine groups is 1. The van der Waals surface area contributed by atoms with Gasteiger partial charge >= 0.3 is 0 Å². The van der Waals surface area contributed by atoms with Gasteiger partial charge in [-0.3, -0.25) is 9.98 Å². The molecule has 5 nitrogen and oxygen atoms in total. The smallest absolute Gasteiger partial charge is 0.191 e. The number of hydrogen-bond donors (Lipinski definition) is 2. The van der Waals surface area contributed by atoms with Crippen LogP contribution in [-0.4, -0.2) is 43.7 Å². The maximum Gasteiger partial charge on any atom is 0.191 e. The van der Waals surface area contributed by atoms with E-state index in [2.05, 4.69) is 82.7 Å². The van der Waals surface area contributed by atoms with Gasteiger partial charge in [-0.05, 0) is 60.9 Å². The predicted octanol–water partition coefficient (Wildman–Crippen LogP) is 4.06. The van der Waals surface area contributed by atoms with Crippen molar-refractivity contribution in [2.75, 3.05) is 31.6 Å². The van der Waals surface area contributed by atoms with E-state index in [0.29, 0.717) is 6.04 Å². The normalized spacial score (nSPS) is 15.9. The lowest BCUT2D eigenvalue weighted by atomic mass is 9.87. The zero-order valence-corrected chi connectivity index (χ0v) is 19.2. The Morgan fingerprint density at radius 1 is 1.10 bits per heavy atom. The van der Waals surface area contributed by atoms with Crippen molar-refractivity contribution < 1.29 is 0 Å². The number of piperidine rings is 1. The highest BCUT2D eigenvalue weighted by molar-refractivity contribution is 5.80. The van der Waals surface area contributed by atoms with Gasteiger partial charge in [0.25, 0.3) is 0 Å². The van der Waals surface area contributed by atoms with Crippen LogP contribution in [0, 0.1) is 6.92 Å². The van der Waals surface area contributed by atoms with E-state index in [1.165, 1.54) is 16.8 Å². The second kappa shape index (κ2) is 9.96. The van der Waals surface area contributed by atoms with E-state index in [9.17, 15) is 0 Å². The van der Waals surface area contributed by atoms with Gasteiger partial charge in [-0.25, -0.2) is 0 Å². The Kier molecular flexibility index (Phi) is 7.35. The van der Waals surface area contributed by atoms with E-state index in [-0.39, 0.29) is 5.41 Å². The van der Waals surface area contributed by atoms with Gasteiger partial charge in [-0.2, -0.15) is 0 Å². The number of aliphatic imine (C=N–C) groups is 1. The minimum absolute atomic E-state index is 0.203. The standard InChI is InChI=1S/C25H37N5/c1-19-6-7-20(18-28-19)12-15-27-24(26-5)29-22-13-16-30(17-14-22)23-10-8-21(9-11-23)25(2,3)4/h6-11,18,22H,12-17H2,1-5H3,(H2,26,27,29). The van der Waals surface area contributed by atoms with Crippen LogP contribution < -0.4 is 15.5 Å². The van der Waals surface area contributed by atoms with E-state index in [0.717, 1.165) is 50.6 Å². The van der Waals surface area contributed by atoms with Crippen molar-refractivity contribution in [3.8, 4) is 0 Å². The molecule has 5 heteroatoms. The molecule has 3 rings (SSSR count). The Balaban J connectivity index is 1.43. The molecular weight excluding hydrogens is 370 g/mol. The Morgan fingerprint density at radius 3 is 2.37 bits per heavy atom. The summed E-state index contributed by atoms with van der Waals surface area (Å²) in [4.78, 5) is 11.3. The van der Waals surface area contributed by atoms with Crippen LogP contribution in [0.15, 0.2) is 47.6 Å². The van der Waals surface area contributed by atoms with E-state index in [1.807, 2.05) is 20.2 Å². The SMILES string of the molecule is CN=C(NCCc1ccc(C)nc1)NC1CCN(c2ccc(C(C)(C)C)cc2)CC1. The highest BCUT2D eigenvalue weighted by Gasteiger charge is 2.21. The molecule has 0 aliphatic carbocycles. The van der Waals surface area contributed by atoms with Crippen molar-refractivity contribution in [3.05, 3.63) is 59.4 Å². The molecule has 0 atom stereocenters. The number of nitrogens with one attached hydrogen (secondary N) is 2. The molecule has 2 N–H and O–H groups in total. The monoisotopic (exact) mass is 407 g/mol. The molecule has 30 heavy (non-hydrogen) atoms. The summed E-state index contributed by atoms with van der Waals surface area (Å²) in [7, 11) is 1.84. The zero-order valence-electron chi connectivity index (χ0n) is 19.2. The van der Waals surface area contributed by atoms with E-state index in [1.54, 1.807) is 0 Å². The molecule has 1 aliphatic heterocycles. The van der Waals surface area contributed by atoms with Gasteiger partial charge in [0.1, 0.15) is 0 Å². The maximum absolute atomic E-state index is 4.40. The lowest BCUT2D eigenvalue weighted by Crippen LogP contribution is -2.49. The van der Waals surface area contributed by atoms with E-state index in [4.69, 9.17) is 0 Å². The zero-order chi connectivity index (χ0) is 21.6. The molecule has 1 aromatic heterocycles. The summed E-state index contributed by atoms with van der Waals surface area (Å²) in [5.41, 5.74) is 5.22. The summed E-state index contributed by atoms with van der Waals surface area (Å²) < 4.78 is 0. The number of hydrogen-bond acceptors (Lipinski definition) is 3. The third-order valence-corrected chi connectivity index (χ3v) is 5.84. The average Bonchev–Trinajstić information content (AvgIpc) is 2.74. The van der Waals surface area contributed by atoms with Crippen LogP contribution >= 0.6 is 0 Å². The number of aryl methyl sites for hydroxylation is 1. The number of rotatable bonds is 5. The van der Waals surface area contributed by atoms with Gasteiger partial charge in [0.05, 0.1) is 0 Å². The van der Waals surface area contributed by atoms with Crippen molar-refractivity contribution >= 4 is 11.6 Å². The average molecular weight is 408 g/mol. The van der Waals surface area contributed by atoms with E-state index < -0.39 is 0 Å². The topological polar surface area (TPSA) is 52.6 Å². The molecule has 0 spiro atoms. The fourth-order valence-electron chi connectivity index (χ4n) is 3.81. The summed E-state index contributed by atoms with van der Waals surface area (Å²) >= 11 is 0. The molecule has 0 radical (unpaired) electrons. The first-order valence-electron chi connectivity index (χ1n) is 11.1. The first kappa shape index (κ1) is 22.1. The van der Waals surface area contributed by atoms with E-state index >= 15 is 0 Å². The number of aromatic nitrogens is 1. The minimum atomic E-state index is 0.203. The predicted molar refractivity (Wildman–Crippen MR) is 128 cm³/mol. The second-order valence-electron chi connectivity index (χ2n) is 9.26. The van der Waals surface area contributed by atoms with Crippen LogP contribution in [0.1, 0.15) is 50.4 Å². The third kappa shape index (κ3) is 6.22. The van der Waals surface area contributed by atoms with Crippen LogP contribution in [0.3, 0.4) is 0 Å². The van der Waals surface area contributed by atoms with Gasteiger partial charge < -0.3 is 15.5 Å². The Morgan fingerprint density at radius 2 is 1.80 bits per heavy atom. The molecule has 1 aromatic carbocycles. The molecule has 2 heterocycles. The van der Waals surface area contributed by atoms with Crippen LogP contribution in [0.25, 0.3) is 0 Å². The van der Waals surface area contributed by atoms with Crippen molar-refractivity contribution in [2.45, 2.75) is 58.4 Å². The largest absolute Gasteiger partial charge is 0.371 e. The number of pyridine rings is 1. The van der Waals surface area contributed by atoms with Crippen LogP contribution in [-0.2, 0) is 11.8 Å². The third-order valence-electron chi connectivity index (χ3n) is 5.84. The number of nitrogens with zero attached hydrogens (tertiary/aromatic N) is 3. The van der Waals surface area contributed by atoms with Crippen molar-refractivity contribution in [1.82, 2.24) is 15.6 Å². The Bertz CT molecular complexity index is 810. The molecular formula is C25H37N5. The molecule has 1 fully saturated rings. The number of benzene rings is 1. The quantitative estimate of drug-likeness (QED) is 0.580. The Hall–Kier alpha value is -2.56. The van der Waals surface area contributed by atoms with Crippen molar-refractivity contribution in [3.63, 3.8) is 0 Å². The molecule has 162 valence electrons. The highest BCUT2D eigenvalue weighted by Crippen LogP contribution is 2.26. The molecule has 1 aliphatic rings. The lowest BCUT2D eigenvalue weighted by molar-refractivity contribution is 0.461. The van der Waals surface area contributed by atoms with Crippen LogP contribution in [0.5, 0.6) is 0 Å². The fraction of sp³-hybridized carbons (Fsp3) is 0.520. The summed E-state index contributed by atoms with van der Waals surface area (Å²) in [6.07, 6.45) is 5.13. The molecule has 0 saturated carbocycles. The lowest BCUT2D eigenvalue weighted by Gasteiger charge is -2.35. The van der Waals surface area contributed by atoms with Crippen LogP contribution in [0.4, 0.5) is 5.69 Å². The first-order chi connectivity index (χ1) is 14.3. The summed E-state index contributed by atoms with van der Waals surface area (Å²) in [6, 6.07) is 13.8. The summed E-state index contributed by atoms with van der Waals surface area (Å²) in [5.74, 6) is 0.892. The number of anilines is 1. The minimum Gasteiger partial charge on any atom is -0.371 e. The first-order valence-corrected chi connectivity index (χ1v) is 11.1. The fourth-order valence-corrected chi connectivity index (χ4v) is 3.81. The van der Waals surface area contributed by atoms with Crippen LogP contribution in [0.2, 0.25) is 0 Å². The van der Waals surface area contributed by atoms with Crippen molar-refractivity contribution in [1.29, 1.82) is 0 Å². The highest BCUT2D eigenvalue weighted by atomic mass is 15.2. The molecule has 2 aromatic rings. The van der Waals surface area contributed by atoms with Gasteiger partial charge in [0.2, 0.25) is 0 Å². The molecule has 0 bridgehead atoms. The van der Waals surface area contributed by atoms with Gasteiger partial charge in [0, 0.05) is 50.3 Å². The molecule has 0 unspecified atom stereocenters. The van der Waals surface area contributed by atoms with Gasteiger partial charge in [0.15, 0.2) is 5.96 Å². The maximum atomic E-state index is 4.40. The van der Waals surface area contributed by atoms with Gasteiger partial charge in [-0.15, -0.1) is 0 Å². The van der Waals surface area contributed by atoms with Gasteiger partial charge in [-0.1, -0.05) is 39.0 Å².